The van der Waals surface area contributed by atoms with Crippen LogP contribution in [0.5, 0.6) is 0 Å². The Balaban J connectivity index is 1.83. The molecule has 1 aliphatic heterocycles. The lowest BCUT2D eigenvalue weighted by Gasteiger charge is -2.37. The summed E-state index contributed by atoms with van der Waals surface area (Å²) in [5.74, 6) is -1.15. The fourth-order valence-corrected chi connectivity index (χ4v) is 3.78. The summed E-state index contributed by atoms with van der Waals surface area (Å²) in [6, 6.07) is 6.34. The normalized spacial score (nSPS) is 20.7. The van der Waals surface area contributed by atoms with Gasteiger partial charge in [0.25, 0.3) is 0 Å². The molecule has 0 spiro atoms. The van der Waals surface area contributed by atoms with Gasteiger partial charge in [-0.2, -0.15) is 0 Å². The Kier molecular flexibility index (Phi) is 6.69. The molecular formula is C17H20ClNO4S. The van der Waals surface area contributed by atoms with Gasteiger partial charge < -0.3 is 10.0 Å². The molecule has 0 radical (unpaired) electrons. The first kappa shape index (κ1) is 18.8. The van der Waals surface area contributed by atoms with Crippen LogP contribution in [0, 0.1) is 5.92 Å². The third kappa shape index (κ3) is 4.74. The zero-order valence-corrected chi connectivity index (χ0v) is 15.0. The minimum absolute atomic E-state index is 0.0560. The van der Waals surface area contributed by atoms with E-state index in [1.807, 2.05) is 0 Å². The van der Waals surface area contributed by atoms with E-state index >= 15 is 0 Å². The highest BCUT2D eigenvalue weighted by atomic mass is 35.5. The van der Waals surface area contributed by atoms with Crippen molar-refractivity contribution in [3.8, 4) is 0 Å². The number of Topliss-reactive ketones (excluding diaryl/α,β-unsaturated/α-hetero) is 1. The zero-order chi connectivity index (χ0) is 17.7. The number of rotatable bonds is 6. The van der Waals surface area contributed by atoms with E-state index in [0.29, 0.717) is 30.0 Å². The summed E-state index contributed by atoms with van der Waals surface area (Å²) < 4.78 is 0. The van der Waals surface area contributed by atoms with E-state index in [4.69, 9.17) is 11.6 Å². The van der Waals surface area contributed by atoms with Gasteiger partial charge in [0.1, 0.15) is 0 Å². The molecule has 130 valence electrons. The van der Waals surface area contributed by atoms with Crippen molar-refractivity contribution in [1.82, 2.24) is 4.90 Å². The number of amides is 1. The predicted molar refractivity (Wildman–Crippen MR) is 94.6 cm³/mol. The molecule has 0 aliphatic carbocycles. The molecular weight excluding hydrogens is 350 g/mol. The number of likely N-dealkylation sites (tertiary alicyclic amines) is 1. The molecule has 1 aromatic rings. The highest BCUT2D eigenvalue weighted by Gasteiger charge is 2.35. The topological polar surface area (TPSA) is 74.7 Å². The van der Waals surface area contributed by atoms with Gasteiger partial charge in [-0.25, -0.2) is 0 Å². The van der Waals surface area contributed by atoms with Crippen molar-refractivity contribution in [2.75, 3.05) is 18.1 Å². The molecule has 1 amide bonds. The highest BCUT2D eigenvalue weighted by molar-refractivity contribution is 8.00. The first-order valence-electron chi connectivity index (χ1n) is 7.79. The van der Waals surface area contributed by atoms with Crippen molar-refractivity contribution in [2.45, 2.75) is 25.8 Å². The zero-order valence-electron chi connectivity index (χ0n) is 13.4. The van der Waals surface area contributed by atoms with Crippen molar-refractivity contribution in [2.24, 2.45) is 5.92 Å². The summed E-state index contributed by atoms with van der Waals surface area (Å²) in [5.41, 5.74) is 0.566. The molecule has 1 saturated heterocycles. The standard InChI is InChI=1S/C17H20ClNO4S/c1-11-14(17(22)23)3-2-8-19(11)16(21)10-24-9-15(20)12-4-6-13(18)7-5-12/h4-7,11,14H,2-3,8-10H2,1H3,(H,22,23)/t11-,14-/m1/s1. The van der Waals surface area contributed by atoms with E-state index in [9.17, 15) is 19.5 Å². The summed E-state index contributed by atoms with van der Waals surface area (Å²) in [7, 11) is 0. The summed E-state index contributed by atoms with van der Waals surface area (Å²) in [6.45, 7) is 2.36. The van der Waals surface area contributed by atoms with Gasteiger partial charge in [-0.1, -0.05) is 11.6 Å². The van der Waals surface area contributed by atoms with Crippen molar-refractivity contribution in [3.63, 3.8) is 0 Å². The Labute approximate surface area is 150 Å². The first-order valence-corrected chi connectivity index (χ1v) is 9.32. The molecule has 0 unspecified atom stereocenters. The van der Waals surface area contributed by atoms with Crippen LogP contribution in [0.15, 0.2) is 24.3 Å². The summed E-state index contributed by atoms with van der Waals surface area (Å²) in [6.07, 6.45) is 1.30. The van der Waals surface area contributed by atoms with Gasteiger partial charge in [-0.3, -0.25) is 14.4 Å². The third-order valence-electron chi connectivity index (χ3n) is 4.25. The van der Waals surface area contributed by atoms with E-state index in [-0.39, 0.29) is 29.2 Å². The molecule has 1 fully saturated rings. The van der Waals surface area contributed by atoms with E-state index in [0.717, 1.165) is 0 Å². The maximum atomic E-state index is 12.3. The lowest BCUT2D eigenvalue weighted by molar-refractivity contribution is -0.148. The van der Waals surface area contributed by atoms with Crippen LogP contribution in [0.2, 0.25) is 5.02 Å². The maximum absolute atomic E-state index is 12.3. The van der Waals surface area contributed by atoms with Crippen molar-refractivity contribution >= 4 is 41.0 Å². The Bertz CT molecular complexity index is 620. The number of thioether (sulfide) groups is 1. The number of carboxylic acid groups (broad SMARTS) is 1. The smallest absolute Gasteiger partial charge is 0.308 e. The molecule has 0 aromatic heterocycles. The van der Waals surface area contributed by atoms with E-state index in [1.54, 1.807) is 36.1 Å². The SMILES string of the molecule is C[C@@H]1[C@H](C(=O)O)CCCN1C(=O)CSCC(=O)c1ccc(Cl)cc1. The second-order valence-electron chi connectivity index (χ2n) is 5.84. The van der Waals surface area contributed by atoms with Crippen LogP contribution in [0.1, 0.15) is 30.1 Å². The third-order valence-corrected chi connectivity index (χ3v) is 5.42. The van der Waals surface area contributed by atoms with E-state index in [2.05, 4.69) is 0 Å². The summed E-state index contributed by atoms with van der Waals surface area (Å²) in [5, 5.41) is 9.78. The number of carbonyl (C=O) groups is 3. The van der Waals surface area contributed by atoms with E-state index < -0.39 is 11.9 Å². The van der Waals surface area contributed by atoms with Gasteiger partial charge in [0.2, 0.25) is 5.91 Å². The van der Waals surface area contributed by atoms with Crippen LogP contribution < -0.4 is 0 Å². The Morgan fingerprint density at radius 1 is 1.25 bits per heavy atom. The predicted octanol–water partition coefficient (Wildman–Crippen LogP) is 2.97. The molecule has 7 heteroatoms. The largest absolute Gasteiger partial charge is 0.481 e. The number of aliphatic carboxylic acids is 1. The van der Waals surface area contributed by atoms with Crippen LogP contribution in [0.25, 0.3) is 0 Å². The number of ketones is 1. The molecule has 24 heavy (non-hydrogen) atoms. The second-order valence-corrected chi connectivity index (χ2v) is 7.26. The summed E-state index contributed by atoms with van der Waals surface area (Å²) >= 11 is 7.04. The number of carbonyl (C=O) groups excluding carboxylic acids is 2. The first-order chi connectivity index (χ1) is 11.4. The summed E-state index contributed by atoms with van der Waals surface area (Å²) in [4.78, 5) is 37.2. The molecule has 1 aromatic carbocycles. The van der Waals surface area contributed by atoms with Gasteiger partial charge in [-0.05, 0) is 44.0 Å². The Morgan fingerprint density at radius 2 is 1.92 bits per heavy atom. The quantitative estimate of drug-likeness (QED) is 0.780. The molecule has 0 saturated carbocycles. The van der Waals surface area contributed by atoms with Crippen molar-refractivity contribution in [3.05, 3.63) is 34.9 Å². The van der Waals surface area contributed by atoms with Gasteiger partial charge >= 0.3 is 5.97 Å². The van der Waals surface area contributed by atoms with E-state index in [1.165, 1.54) is 11.8 Å². The molecule has 0 bridgehead atoms. The lowest BCUT2D eigenvalue weighted by atomic mass is 9.90. The minimum atomic E-state index is -0.856. The lowest BCUT2D eigenvalue weighted by Crippen LogP contribution is -2.49. The number of nitrogens with zero attached hydrogens (tertiary/aromatic N) is 1. The Hall–Kier alpha value is -1.53. The number of hydrogen-bond acceptors (Lipinski definition) is 4. The minimum Gasteiger partial charge on any atom is -0.481 e. The van der Waals surface area contributed by atoms with Crippen molar-refractivity contribution < 1.29 is 19.5 Å². The number of halogens is 1. The molecule has 2 atom stereocenters. The second kappa shape index (κ2) is 8.53. The maximum Gasteiger partial charge on any atom is 0.308 e. The molecule has 1 aliphatic rings. The molecule has 1 N–H and O–H groups in total. The number of piperidine rings is 1. The van der Waals surface area contributed by atoms with Gasteiger partial charge in [0.15, 0.2) is 5.78 Å². The monoisotopic (exact) mass is 369 g/mol. The molecule has 5 nitrogen and oxygen atoms in total. The van der Waals surface area contributed by atoms with Gasteiger partial charge in [0.05, 0.1) is 17.4 Å². The highest BCUT2D eigenvalue weighted by Crippen LogP contribution is 2.24. The molecule has 2 rings (SSSR count). The van der Waals surface area contributed by atoms with Gasteiger partial charge in [-0.15, -0.1) is 11.8 Å². The average molecular weight is 370 g/mol. The van der Waals surface area contributed by atoms with Crippen LogP contribution in [0.4, 0.5) is 0 Å². The number of carboxylic acids is 1. The Morgan fingerprint density at radius 3 is 2.54 bits per heavy atom. The average Bonchev–Trinajstić information content (AvgIpc) is 2.55. The number of hydrogen-bond donors (Lipinski definition) is 1. The van der Waals surface area contributed by atoms with Crippen LogP contribution in [-0.4, -0.2) is 51.8 Å². The molecule has 1 heterocycles. The fourth-order valence-electron chi connectivity index (χ4n) is 2.86. The van der Waals surface area contributed by atoms with Crippen LogP contribution >= 0.6 is 23.4 Å². The number of benzene rings is 1. The van der Waals surface area contributed by atoms with Crippen molar-refractivity contribution in [1.29, 1.82) is 0 Å². The fraction of sp³-hybridized carbons (Fsp3) is 0.471. The van der Waals surface area contributed by atoms with Crippen LogP contribution in [-0.2, 0) is 9.59 Å². The van der Waals surface area contributed by atoms with Crippen LogP contribution in [0.3, 0.4) is 0 Å². The van der Waals surface area contributed by atoms with Gasteiger partial charge in [0, 0.05) is 23.2 Å².